The fraction of sp³-hybridized carbons (Fsp3) is 0.900. The van der Waals surface area contributed by atoms with Crippen LogP contribution in [-0.4, -0.2) is 68.5 Å². The van der Waals surface area contributed by atoms with Gasteiger partial charge in [0.1, 0.15) is 13.2 Å². The van der Waals surface area contributed by atoms with Gasteiger partial charge < -0.3 is 28.8 Å². The molecule has 0 aliphatic rings. The molecule has 0 spiro atoms. The molecule has 2 N–H and O–H groups in total. The predicted molar refractivity (Wildman–Crippen MR) is 252 cm³/mol. The average Bonchev–Trinajstić information content (AvgIpc) is 3.19. The zero-order valence-corrected chi connectivity index (χ0v) is 40.6. The second kappa shape index (κ2) is 42.3. The van der Waals surface area contributed by atoms with Gasteiger partial charge in [0.25, 0.3) is 7.82 Å². The number of nitrogens with one attached hydrogen (secondary N) is 1. The molecule has 0 saturated carbocycles. The number of nitrogens with zero attached hydrogens (tertiary/aromatic N) is 1. The van der Waals surface area contributed by atoms with Crippen LogP contribution in [0.4, 0.5) is 0 Å². The zero-order valence-electron chi connectivity index (χ0n) is 39.7. The first-order valence-electron chi connectivity index (χ1n) is 25.2. The minimum atomic E-state index is -4.57. The van der Waals surface area contributed by atoms with Crippen LogP contribution in [0.25, 0.3) is 0 Å². The van der Waals surface area contributed by atoms with E-state index in [1.54, 1.807) is 0 Å². The largest absolute Gasteiger partial charge is 0.756 e. The molecule has 0 bridgehead atoms. The van der Waals surface area contributed by atoms with Crippen molar-refractivity contribution >= 4 is 13.7 Å². The van der Waals surface area contributed by atoms with E-state index in [0.29, 0.717) is 23.9 Å². The predicted octanol–water partition coefficient (Wildman–Crippen LogP) is 13.8. The van der Waals surface area contributed by atoms with Gasteiger partial charge in [-0.15, -0.1) is 0 Å². The number of aliphatic hydroxyl groups excluding tert-OH is 1. The lowest BCUT2D eigenvalue weighted by Crippen LogP contribution is -2.46. The molecule has 0 aliphatic heterocycles. The summed E-state index contributed by atoms with van der Waals surface area (Å²) in [5.41, 5.74) is 0. The molecule has 0 radical (unpaired) electrons. The minimum Gasteiger partial charge on any atom is -0.756 e. The highest BCUT2D eigenvalue weighted by atomic mass is 31.2. The van der Waals surface area contributed by atoms with Gasteiger partial charge in [-0.05, 0) is 44.9 Å². The van der Waals surface area contributed by atoms with Crippen LogP contribution >= 0.6 is 7.82 Å². The Morgan fingerprint density at radius 3 is 1.41 bits per heavy atom. The number of phosphoric acid groups is 1. The Balaban J connectivity index is 4.25. The summed E-state index contributed by atoms with van der Waals surface area (Å²) >= 11 is 0. The fourth-order valence-electron chi connectivity index (χ4n) is 7.42. The molecule has 8 nitrogen and oxygen atoms in total. The number of rotatable bonds is 46. The molecule has 3 atom stereocenters. The molecule has 0 saturated heterocycles. The molecule has 59 heavy (non-hydrogen) atoms. The quantitative estimate of drug-likeness (QED) is 0.0273. The van der Waals surface area contributed by atoms with Crippen molar-refractivity contribution in [3.63, 3.8) is 0 Å². The first-order valence-corrected chi connectivity index (χ1v) is 26.6. The highest BCUT2D eigenvalue weighted by Crippen LogP contribution is 2.38. The van der Waals surface area contributed by atoms with Gasteiger partial charge in [-0.1, -0.05) is 212 Å². The molecule has 350 valence electrons. The number of amides is 1. The van der Waals surface area contributed by atoms with Gasteiger partial charge in [-0.3, -0.25) is 9.36 Å². The molecular weight excluding hydrogens is 756 g/mol. The molecule has 0 aromatic rings. The third-order valence-electron chi connectivity index (χ3n) is 11.4. The Kier molecular flexibility index (Phi) is 41.6. The zero-order chi connectivity index (χ0) is 43.6. The van der Waals surface area contributed by atoms with Crippen molar-refractivity contribution in [2.24, 2.45) is 0 Å². The summed E-state index contributed by atoms with van der Waals surface area (Å²) in [6.45, 7) is 4.73. The van der Waals surface area contributed by atoms with E-state index >= 15 is 0 Å². The summed E-state index contributed by atoms with van der Waals surface area (Å²) in [6.07, 6.45) is 50.4. The number of phosphoric ester groups is 1. The van der Waals surface area contributed by atoms with E-state index in [1.807, 2.05) is 21.1 Å². The Morgan fingerprint density at radius 2 is 0.983 bits per heavy atom. The number of carbonyl (C=O) groups is 1. The molecule has 0 aromatic heterocycles. The van der Waals surface area contributed by atoms with Gasteiger partial charge in [-0.2, -0.15) is 0 Å². The molecule has 0 aromatic carbocycles. The number of unbranched alkanes of at least 4 members (excludes halogenated alkanes) is 29. The molecule has 0 heterocycles. The monoisotopic (exact) mass is 855 g/mol. The van der Waals surface area contributed by atoms with Crippen molar-refractivity contribution in [3.05, 3.63) is 24.3 Å². The standard InChI is InChI=1S/C50H99N2O6P/c1-6-8-10-12-14-16-18-20-22-23-24-25-26-27-28-29-30-32-34-36-38-40-42-44-50(54)51-48(47-58-59(55,56)57-46-45-52(3,4)5)49(53)43-41-39-37-35-33-31-21-19-17-15-13-11-9-7-2/h24-25,27-28,48-49,53H,6-23,26,29-47H2,1-5H3,(H-,51,54,55,56)/b25-24-,28-27-. The lowest BCUT2D eigenvalue weighted by molar-refractivity contribution is -0.870. The molecule has 1 amide bonds. The van der Waals surface area contributed by atoms with E-state index in [4.69, 9.17) is 9.05 Å². The number of aliphatic hydroxyl groups is 1. The van der Waals surface area contributed by atoms with Gasteiger partial charge in [0, 0.05) is 6.42 Å². The maximum absolute atomic E-state index is 12.9. The van der Waals surface area contributed by atoms with Crippen LogP contribution < -0.4 is 10.2 Å². The van der Waals surface area contributed by atoms with Crippen LogP contribution in [0, 0.1) is 0 Å². The van der Waals surface area contributed by atoms with Crippen LogP contribution in [0.15, 0.2) is 24.3 Å². The van der Waals surface area contributed by atoms with Gasteiger partial charge in [-0.25, -0.2) is 0 Å². The first kappa shape index (κ1) is 58.0. The van der Waals surface area contributed by atoms with Crippen molar-refractivity contribution in [2.75, 3.05) is 40.9 Å². The number of carbonyl (C=O) groups excluding carboxylic acids is 1. The third kappa shape index (κ3) is 44.8. The van der Waals surface area contributed by atoms with Gasteiger partial charge in [0.2, 0.25) is 5.91 Å². The number of hydrogen-bond donors (Lipinski definition) is 2. The smallest absolute Gasteiger partial charge is 0.268 e. The van der Waals surface area contributed by atoms with E-state index < -0.39 is 20.0 Å². The molecule has 0 fully saturated rings. The minimum absolute atomic E-state index is 0.0112. The summed E-state index contributed by atoms with van der Waals surface area (Å²) < 4.78 is 23.3. The Hall–Kier alpha value is -1.02. The van der Waals surface area contributed by atoms with Gasteiger partial charge >= 0.3 is 0 Å². The van der Waals surface area contributed by atoms with Crippen LogP contribution in [-0.2, 0) is 18.4 Å². The average molecular weight is 855 g/mol. The molecule has 0 aliphatic carbocycles. The number of quaternary nitrogens is 1. The molecular formula is C50H99N2O6P. The van der Waals surface area contributed by atoms with Crippen molar-refractivity contribution in [2.45, 2.75) is 251 Å². The summed E-state index contributed by atoms with van der Waals surface area (Å²) in [6, 6.07) is -0.802. The Morgan fingerprint density at radius 1 is 0.593 bits per heavy atom. The Labute approximate surface area is 366 Å². The third-order valence-corrected chi connectivity index (χ3v) is 12.4. The number of hydrogen-bond acceptors (Lipinski definition) is 6. The molecule has 0 rings (SSSR count). The van der Waals surface area contributed by atoms with Crippen molar-refractivity contribution in [1.82, 2.24) is 5.32 Å². The van der Waals surface area contributed by atoms with E-state index in [2.05, 4.69) is 43.5 Å². The van der Waals surface area contributed by atoms with Crippen LogP contribution in [0.5, 0.6) is 0 Å². The van der Waals surface area contributed by atoms with Crippen molar-refractivity contribution < 1.29 is 32.9 Å². The van der Waals surface area contributed by atoms with E-state index in [1.165, 1.54) is 161 Å². The van der Waals surface area contributed by atoms with Crippen molar-refractivity contribution in [1.29, 1.82) is 0 Å². The Bertz CT molecular complexity index is 1020. The van der Waals surface area contributed by atoms with Crippen molar-refractivity contribution in [3.8, 4) is 0 Å². The fourth-order valence-corrected chi connectivity index (χ4v) is 8.15. The highest BCUT2D eigenvalue weighted by Gasteiger charge is 2.24. The first-order chi connectivity index (χ1) is 28.5. The van der Waals surface area contributed by atoms with E-state index in [9.17, 15) is 19.4 Å². The number of allylic oxidation sites excluding steroid dienone is 4. The van der Waals surface area contributed by atoms with Crippen LogP contribution in [0.1, 0.15) is 239 Å². The van der Waals surface area contributed by atoms with Gasteiger partial charge in [0.15, 0.2) is 0 Å². The lowest BCUT2D eigenvalue weighted by atomic mass is 10.0. The van der Waals surface area contributed by atoms with Crippen LogP contribution in [0.3, 0.4) is 0 Å². The topological polar surface area (TPSA) is 108 Å². The normalized spacial score (nSPS) is 14.4. The summed E-state index contributed by atoms with van der Waals surface area (Å²) in [5.74, 6) is -0.171. The molecule has 3 unspecified atom stereocenters. The second-order valence-corrected chi connectivity index (χ2v) is 19.9. The SMILES string of the molecule is CCCCCCCCCCC/C=C\C/C=C\CCCCCCCCCC(=O)NC(COP(=O)([O-])OCC[N+](C)(C)C)C(O)CCCCCCCCCCCCCCCC. The van der Waals surface area contributed by atoms with E-state index in [0.717, 1.165) is 51.4 Å². The maximum Gasteiger partial charge on any atom is 0.268 e. The second-order valence-electron chi connectivity index (χ2n) is 18.5. The van der Waals surface area contributed by atoms with E-state index in [-0.39, 0.29) is 19.1 Å². The summed E-state index contributed by atoms with van der Waals surface area (Å²) in [5, 5.41) is 13.9. The summed E-state index contributed by atoms with van der Waals surface area (Å²) in [7, 11) is 1.30. The van der Waals surface area contributed by atoms with Gasteiger partial charge in [0.05, 0.1) is 39.9 Å². The van der Waals surface area contributed by atoms with Crippen LogP contribution in [0.2, 0.25) is 0 Å². The highest BCUT2D eigenvalue weighted by molar-refractivity contribution is 7.45. The molecule has 9 heteroatoms. The lowest BCUT2D eigenvalue weighted by Gasteiger charge is -2.30. The summed E-state index contributed by atoms with van der Waals surface area (Å²) in [4.78, 5) is 25.4. The number of likely N-dealkylation sites (N-methyl/N-ethyl adjacent to an activating group) is 1. The maximum atomic E-state index is 12.9.